The lowest BCUT2D eigenvalue weighted by Crippen LogP contribution is -2.46. The van der Waals surface area contributed by atoms with E-state index in [9.17, 15) is 17.6 Å². The molecule has 1 N–H and O–H groups in total. The SMILES string of the molecule is COc1nc(N[C@@H]2CCN(C)C[C@@H]2F)nn2ccc(-c3cc(F)c4ncn(CC(F)F)c4c3)c12. The van der Waals surface area contributed by atoms with Crippen molar-refractivity contribution in [2.24, 2.45) is 0 Å². The van der Waals surface area contributed by atoms with Crippen molar-refractivity contribution in [2.75, 3.05) is 32.6 Å². The number of fused-ring (bicyclic) bond motifs is 2. The zero-order chi connectivity index (χ0) is 24.0. The number of nitrogens with zero attached hydrogens (tertiary/aromatic N) is 6. The fourth-order valence-corrected chi connectivity index (χ4v) is 4.38. The second-order valence-electron chi connectivity index (χ2n) is 8.40. The van der Waals surface area contributed by atoms with Crippen LogP contribution in [0.2, 0.25) is 0 Å². The summed E-state index contributed by atoms with van der Waals surface area (Å²) in [6, 6.07) is 4.16. The molecule has 2 atom stereocenters. The van der Waals surface area contributed by atoms with Crippen molar-refractivity contribution >= 4 is 22.5 Å². The molecule has 34 heavy (non-hydrogen) atoms. The topological polar surface area (TPSA) is 72.5 Å². The van der Waals surface area contributed by atoms with Crippen molar-refractivity contribution in [2.45, 2.75) is 31.6 Å². The molecule has 0 bridgehead atoms. The Labute approximate surface area is 192 Å². The fraction of sp³-hybridized carbons (Fsp3) is 0.409. The number of halogens is 4. The molecule has 0 amide bonds. The Morgan fingerprint density at radius 3 is 2.85 bits per heavy atom. The van der Waals surface area contributed by atoms with E-state index in [0.29, 0.717) is 29.6 Å². The van der Waals surface area contributed by atoms with Crippen molar-refractivity contribution in [3.8, 4) is 17.0 Å². The molecule has 180 valence electrons. The fourth-order valence-electron chi connectivity index (χ4n) is 4.38. The van der Waals surface area contributed by atoms with Gasteiger partial charge in [0.25, 0.3) is 6.43 Å². The lowest BCUT2D eigenvalue weighted by atomic mass is 10.0. The zero-order valence-corrected chi connectivity index (χ0v) is 18.6. The maximum Gasteiger partial charge on any atom is 0.256 e. The van der Waals surface area contributed by atoms with Crippen molar-refractivity contribution in [1.29, 1.82) is 0 Å². The van der Waals surface area contributed by atoms with Crippen molar-refractivity contribution in [1.82, 2.24) is 29.0 Å². The van der Waals surface area contributed by atoms with E-state index in [1.54, 1.807) is 18.3 Å². The zero-order valence-electron chi connectivity index (χ0n) is 18.6. The van der Waals surface area contributed by atoms with Crippen molar-refractivity contribution in [3.05, 3.63) is 36.5 Å². The number of piperidine rings is 1. The molecule has 3 aromatic heterocycles. The molecule has 1 aliphatic heterocycles. The second kappa shape index (κ2) is 8.75. The van der Waals surface area contributed by atoms with Crippen LogP contribution < -0.4 is 10.1 Å². The van der Waals surface area contributed by atoms with Crippen molar-refractivity contribution in [3.63, 3.8) is 0 Å². The number of anilines is 1. The van der Waals surface area contributed by atoms with Gasteiger partial charge in [-0.1, -0.05) is 0 Å². The monoisotopic (exact) mass is 477 g/mol. The van der Waals surface area contributed by atoms with Crippen LogP contribution in [-0.4, -0.2) is 74.9 Å². The number of aromatic nitrogens is 5. The van der Waals surface area contributed by atoms with Gasteiger partial charge in [0.15, 0.2) is 5.82 Å². The largest absolute Gasteiger partial charge is 0.479 e. The van der Waals surface area contributed by atoms with Crippen molar-refractivity contribution < 1.29 is 22.3 Å². The lowest BCUT2D eigenvalue weighted by molar-refractivity contribution is 0.128. The van der Waals surface area contributed by atoms with Crippen LogP contribution in [0.1, 0.15) is 6.42 Å². The van der Waals surface area contributed by atoms with Crippen LogP contribution in [0.3, 0.4) is 0 Å². The van der Waals surface area contributed by atoms with Gasteiger partial charge in [0, 0.05) is 24.8 Å². The summed E-state index contributed by atoms with van der Waals surface area (Å²) in [6.07, 6.45) is -0.224. The molecule has 12 heteroatoms. The van der Waals surface area contributed by atoms with E-state index in [1.807, 2.05) is 11.9 Å². The van der Waals surface area contributed by atoms with E-state index in [-0.39, 0.29) is 22.9 Å². The molecule has 0 unspecified atom stereocenters. The summed E-state index contributed by atoms with van der Waals surface area (Å²) in [5, 5.41) is 7.49. The molecule has 0 saturated carbocycles. The van der Waals surface area contributed by atoms with E-state index >= 15 is 0 Å². The number of ether oxygens (including phenoxy) is 1. The maximum absolute atomic E-state index is 14.8. The summed E-state index contributed by atoms with van der Waals surface area (Å²) in [5.41, 5.74) is 1.72. The molecular formula is C22H23F4N7O. The molecule has 1 aliphatic rings. The number of nitrogens with one attached hydrogen (secondary N) is 1. The average Bonchev–Trinajstić information content (AvgIpc) is 3.39. The van der Waals surface area contributed by atoms with E-state index in [0.717, 1.165) is 6.54 Å². The molecular weight excluding hydrogens is 454 g/mol. The van der Waals surface area contributed by atoms with E-state index in [4.69, 9.17) is 4.74 Å². The van der Waals surface area contributed by atoms with E-state index < -0.39 is 31.0 Å². The third-order valence-electron chi connectivity index (χ3n) is 6.06. The number of benzene rings is 1. The predicted molar refractivity (Wildman–Crippen MR) is 119 cm³/mol. The van der Waals surface area contributed by atoms with Gasteiger partial charge in [-0.25, -0.2) is 27.1 Å². The van der Waals surface area contributed by atoms with Gasteiger partial charge in [0.2, 0.25) is 11.8 Å². The van der Waals surface area contributed by atoms with Crippen LogP contribution in [0.25, 0.3) is 27.7 Å². The van der Waals surface area contributed by atoms with Crippen LogP contribution in [0.4, 0.5) is 23.5 Å². The average molecular weight is 477 g/mol. The normalized spacial score (nSPS) is 19.4. The lowest BCUT2D eigenvalue weighted by Gasteiger charge is -2.32. The predicted octanol–water partition coefficient (Wildman–Crippen LogP) is 3.61. The van der Waals surface area contributed by atoms with E-state index in [2.05, 4.69) is 20.4 Å². The second-order valence-corrected chi connectivity index (χ2v) is 8.40. The molecule has 1 saturated heterocycles. The summed E-state index contributed by atoms with van der Waals surface area (Å²) in [5.74, 6) is -0.211. The van der Waals surface area contributed by atoms with Gasteiger partial charge >= 0.3 is 0 Å². The van der Waals surface area contributed by atoms with Gasteiger partial charge in [0.1, 0.15) is 17.2 Å². The summed E-state index contributed by atoms with van der Waals surface area (Å²) >= 11 is 0. The van der Waals surface area contributed by atoms with Crippen LogP contribution in [0, 0.1) is 5.82 Å². The number of likely N-dealkylation sites (tertiary alicyclic amines) is 1. The maximum atomic E-state index is 14.8. The number of imidazole rings is 1. The summed E-state index contributed by atoms with van der Waals surface area (Å²) in [4.78, 5) is 10.3. The molecule has 5 rings (SSSR count). The van der Waals surface area contributed by atoms with Gasteiger partial charge in [-0.15, -0.1) is 5.10 Å². The first-order chi connectivity index (χ1) is 16.3. The van der Waals surface area contributed by atoms with E-state index in [1.165, 1.54) is 28.6 Å². The first-order valence-corrected chi connectivity index (χ1v) is 10.8. The van der Waals surface area contributed by atoms with Gasteiger partial charge in [0.05, 0.1) is 31.5 Å². The standard InChI is InChI=1S/C22H23F4N7O/c1-31-5-4-16(15(24)9-31)28-22-29-21(34-2)20-13(3-6-33(20)30-22)12-7-14(23)19-17(8-12)32(11-27-19)10-18(25)26/h3,6-8,11,15-16,18H,4-5,9-10H2,1-2H3,(H,28,30)/t15-,16+/m0/s1. The Bertz CT molecular complexity index is 1340. The Morgan fingerprint density at radius 2 is 2.12 bits per heavy atom. The number of alkyl halides is 3. The van der Waals surface area contributed by atoms with Gasteiger partial charge in [-0.3, -0.25) is 0 Å². The Kier molecular flexibility index (Phi) is 5.76. The Balaban J connectivity index is 1.54. The number of hydrogen-bond donors (Lipinski definition) is 1. The van der Waals surface area contributed by atoms with Crippen LogP contribution in [-0.2, 0) is 6.54 Å². The highest BCUT2D eigenvalue weighted by Gasteiger charge is 2.28. The summed E-state index contributed by atoms with van der Waals surface area (Å²) in [6.45, 7) is 0.478. The van der Waals surface area contributed by atoms with Crippen LogP contribution in [0.5, 0.6) is 5.88 Å². The molecule has 0 aliphatic carbocycles. The highest BCUT2D eigenvalue weighted by atomic mass is 19.3. The third-order valence-corrected chi connectivity index (χ3v) is 6.06. The summed E-state index contributed by atoms with van der Waals surface area (Å²) in [7, 11) is 3.31. The first kappa shape index (κ1) is 22.4. The Hall–Kier alpha value is -3.41. The highest BCUT2D eigenvalue weighted by molar-refractivity contribution is 5.90. The quantitative estimate of drug-likeness (QED) is 0.428. The number of rotatable bonds is 6. The first-order valence-electron chi connectivity index (χ1n) is 10.8. The molecule has 4 aromatic rings. The van der Waals surface area contributed by atoms with Gasteiger partial charge < -0.3 is 19.5 Å². The minimum absolute atomic E-state index is 0.0153. The minimum atomic E-state index is -2.60. The smallest absolute Gasteiger partial charge is 0.256 e. The molecule has 8 nitrogen and oxygen atoms in total. The van der Waals surface area contributed by atoms with Gasteiger partial charge in [-0.05, 0) is 37.2 Å². The number of methoxy groups -OCH3 is 1. The van der Waals surface area contributed by atoms with Crippen LogP contribution in [0.15, 0.2) is 30.7 Å². The van der Waals surface area contributed by atoms with Crippen LogP contribution >= 0.6 is 0 Å². The molecule has 0 radical (unpaired) electrons. The molecule has 4 heterocycles. The van der Waals surface area contributed by atoms with Gasteiger partial charge in [-0.2, -0.15) is 4.98 Å². The number of hydrogen-bond acceptors (Lipinski definition) is 6. The Morgan fingerprint density at radius 1 is 1.29 bits per heavy atom. The minimum Gasteiger partial charge on any atom is -0.479 e. The molecule has 0 spiro atoms. The highest BCUT2D eigenvalue weighted by Crippen LogP contribution is 2.34. The molecule has 1 fully saturated rings. The third kappa shape index (κ3) is 4.02. The summed E-state index contributed by atoms with van der Waals surface area (Å²) < 4.78 is 63.4. The molecule has 1 aromatic carbocycles.